The van der Waals surface area contributed by atoms with Gasteiger partial charge < -0.3 is 5.73 Å². The Morgan fingerprint density at radius 3 is 2.71 bits per heavy atom. The normalized spacial score (nSPS) is 10.2. The molecule has 0 radical (unpaired) electrons. The van der Waals surface area contributed by atoms with Gasteiger partial charge in [0.05, 0.1) is 15.1 Å². The molecule has 0 unspecified atom stereocenters. The van der Waals surface area contributed by atoms with Crippen molar-refractivity contribution in [1.29, 1.82) is 0 Å². The Balaban J connectivity index is 2.49. The average Bonchev–Trinajstić information content (AvgIpc) is 2.33. The van der Waals surface area contributed by atoms with Crippen molar-refractivity contribution >= 4 is 27.4 Å². The molecule has 6 nitrogen and oxygen atoms in total. The van der Waals surface area contributed by atoms with Crippen LogP contribution in [0.2, 0.25) is 0 Å². The molecule has 0 saturated heterocycles. The van der Waals surface area contributed by atoms with E-state index in [4.69, 9.17) is 5.73 Å². The Labute approximate surface area is 105 Å². The molecular formula is C10H7BrN4O2. The summed E-state index contributed by atoms with van der Waals surface area (Å²) in [5, 5.41) is 18.3. The summed E-state index contributed by atoms with van der Waals surface area (Å²) in [6.07, 6.45) is 0. The fraction of sp³-hybridized carbons (Fsp3) is 0. The van der Waals surface area contributed by atoms with Crippen LogP contribution in [0.15, 0.2) is 34.8 Å². The van der Waals surface area contributed by atoms with E-state index in [0.29, 0.717) is 15.7 Å². The van der Waals surface area contributed by atoms with Crippen molar-refractivity contribution in [3.63, 3.8) is 0 Å². The molecule has 0 saturated carbocycles. The summed E-state index contributed by atoms with van der Waals surface area (Å²) >= 11 is 3.23. The minimum Gasteiger partial charge on any atom is -0.381 e. The van der Waals surface area contributed by atoms with Gasteiger partial charge in [0.25, 0.3) is 5.69 Å². The van der Waals surface area contributed by atoms with Gasteiger partial charge >= 0.3 is 0 Å². The molecule has 0 spiro atoms. The maximum absolute atomic E-state index is 10.6. The molecule has 1 heterocycles. The van der Waals surface area contributed by atoms with Gasteiger partial charge in [-0.25, -0.2) is 0 Å². The molecule has 0 aliphatic rings. The second-order valence-electron chi connectivity index (χ2n) is 3.27. The Hall–Kier alpha value is -2.02. The summed E-state index contributed by atoms with van der Waals surface area (Å²) in [5.41, 5.74) is 6.67. The molecule has 2 aromatic rings. The standard InChI is InChI=1S/C10H7BrN4O2/c11-8-5-9(13-14-10(8)12)6-2-1-3-7(4-6)15(16)17/h1-5H,(H2,12,14). The van der Waals surface area contributed by atoms with E-state index >= 15 is 0 Å². The van der Waals surface area contributed by atoms with Gasteiger partial charge in [-0.1, -0.05) is 12.1 Å². The van der Waals surface area contributed by atoms with Crippen molar-refractivity contribution in [2.75, 3.05) is 5.73 Å². The fourth-order valence-corrected chi connectivity index (χ4v) is 1.59. The molecule has 86 valence electrons. The van der Waals surface area contributed by atoms with E-state index in [1.165, 1.54) is 12.1 Å². The monoisotopic (exact) mass is 294 g/mol. The van der Waals surface area contributed by atoms with Gasteiger partial charge in [-0.05, 0) is 22.0 Å². The second kappa shape index (κ2) is 4.46. The van der Waals surface area contributed by atoms with Gasteiger partial charge in [-0.2, -0.15) is 0 Å². The van der Waals surface area contributed by atoms with Crippen LogP contribution >= 0.6 is 15.9 Å². The highest BCUT2D eigenvalue weighted by molar-refractivity contribution is 9.10. The number of non-ortho nitro benzene ring substituents is 1. The van der Waals surface area contributed by atoms with E-state index in [9.17, 15) is 10.1 Å². The predicted molar refractivity (Wildman–Crippen MR) is 66.2 cm³/mol. The molecule has 0 fully saturated rings. The molecule has 0 amide bonds. The molecule has 0 bridgehead atoms. The zero-order valence-corrected chi connectivity index (χ0v) is 10.1. The van der Waals surface area contributed by atoms with Crippen molar-refractivity contribution in [1.82, 2.24) is 10.2 Å². The maximum atomic E-state index is 10.6. The second-order valence-corrected chi connectivity index (χ2v) is 4.12. The van der Waals surface area contributed by atoms with E-state index in [-0.39, 0.29) is 11.5 Å². The van der Waals surface area contributed by atoms with E-state index in [1.54, 1.807) is 18.2 Å². The minimum absolute atomic E-state index is 0.0113. The van der Waals surface area contributed by atoms with Gasteiger partial charge in [0.15, 0.2) is 5.82 Å². The minimum atomic E-state index is -0.455. The third-order valence-electron chi connectivity index (χ3n) is 2.13. The molecule has 7 heteroatoms. The first-order valence-corrected chi connectivity index (χ1v) is 5.41. The lowest BCUT2D eigenvalue weighted by Crippen LogP contribution is -1.96. The number of hydrogen-bond donors (Lipinski definition) is 1. The number of anilines is 1. The lowest BCUT2D eigenvalue weighted by Gasteiger charge is -2.02. The Morgan fingerprint density at radius 1 is 1.29 bits per heavy atom. The van der Waals surface area contributed by atoms with Crippen LogP contribution in [0.25, 0.3) is 11.3 Å². The van der Waals surface area contributed by atoms with Crippen molar-refractivity contribution < 1.29 is 4.92 Å². The SMILES string of the molecule is Nc1nnc(-c2cccc([N+](=O)[O-])c2)cc1Br. The van der Waals surface area contributed by atoms with E-state index in [2.05, 4.69) is 26.1 Å². The number of benzene rings is 1. The number of nitro groups is 1. The van der Waals surface area contributed by atoms with Gasteiger partial charge in [0, 0.05) is 17.7 Å². The van der Waals surface area contributed by atoms with Crippen molar-refractivity contribution in [2.24, 2.45) is 0 Å². The van der Waals surface area contributed by atoms with Crippen LogP contribution in [0.1, 0.15) is 0 Å². The average molecular weight is 295 g/mol. The van der Waals surface area contributed by atoms with Crippen LogP contribution in [0, 0.1) is 10.1 Å². The number of hydrogen-bond acceptors (Lipinski definition) is 5. The summed E-state index contributed by atoms with van der Waals surface area (Å²) in [7, 11) is 0. The number of nitrogens with zero attached hydrogens (tertiary/aromatic N) is 3. The molecular weight excluding hydrogens is 288 g/mol. The van der Waals surface area contributed by atoms with Crippen molar-refractivity contribution in [2.45, 2.75) is 0 Å². The summed E-state index contributed by atoms with van der Waals surface area (Å²) in [6, 6.07) is 7.84. The first-order valence-electron chi connectivity index (χ1n) is 4.61. The third-order valence-corrected chi connectivity index (χ3v) is 2.76. The van der Waals surface area contributed by atoms with Gasteiger partial charge in [-0.15, -0.1) is 10.2 Å². The Kier molecular flexibility index (Phi) is 3.01. The largest absolute Gasteiger partial charge is 0.381 e. The highest BCUT2D eigenvalue weighted by Gasteiger charge is 2.09. The topological polar surface area (TPSA) is 94.9 Å². The number of nitrogen functional groups attached to an aromatic ring is 1. The highest BCUT2D eigenvalue weighted by atomic mass is 79.9. The summed E-state index contributed by atoms with van der Waals surface area (Å²) in [5.74, 6) is 0.277. The van der Waals surface area contributed by atoms with Crippen LogP contribution in [-0.2, 0) is 0 Å². The Morgan fingerprint density at radius 2 is 2.06 bits per heavy atom. The first kappa shape index (κ1) is 11.5. The van der Waals surface area contributed by atoms with Crippen LogP contribution < -0.4 is 5.73 Å². The zero-order chi connectivity index (χ0) is 12.4. The molecule has 0 aliphatic heterocycles. The Bertz CT molecular complexity index is 588. The lowest BCUT2D eigenvalue weighted by molar-refractivity contribution is -0.384. The molecule has 17 heavy (non-hydrogen) atoms. The predicted octanol–water partition coefficient (Wildman–Crippen LogP) is 2.40. The molecule has 1 aromatic carbocycles. The van der Waals surface area contributed by atoms with Crippen LogP contribution in [0.4, 0.5) is 11.5 Å². The number of nitrogens with two attached hydrogens (primary N) is 1. The lowest BCUT2D eigenvalue weighted by atomic mass is 10.1. The maximum Gasteiger partial charge on any atom is 0.270 e. The molecule has 2 rings (SSSR count). The number of rotatable bonds is 2. The smallest absolute Gasteiger partial charge is 0.270 e. The van der Waals surface area contributed by atoms with Gasteiger partial charge in [-0.3, -0.25) is 10.1 Å². The number of halogens is 1. The zero-order valence-electron chi connectivity index (χ0n) is 8.50. The van der Waals surface area contributed by atoms with E-state index in [1.807, 2.05) is 0 Å². The molecule has 0 atom stereocenters. The fourth-order valence-electron chi connectivity index (χ4n) is 1.30. The summed E-state index contributed by atoms with van der Waals surface area (Å²) in [4.78, 5) is 10.2. The van der Waals surface area contributed by atoms with Crippen LogP contribution in [0.3, 0.4) is 0 Å². The number of aromatic nitrogens is 2. The third kappa shape index (κ3) is 2.39. The summed E-state index contributed by atoms with van der Waals surface area (Å²) in [6.45, 7) is 0. The summed E-state index contributed by atoms with van der Waals surface area (Å²) < 4.78 is 0.606. The van der Waals surface area contributed by atoms with Crippen molar-refractivity contribution in [3.05, 3.63) is 44.9 Å². The van der Waals surface area contributed by atoms with Crippen LogP contribution in [0.5, 0.6) is 0 Å². The van der Waals surface area contributed by atoms with Crippen molar-refractivity contribution in [3.8, 4) is 11.3 Å². The van der Waals surface area contributed by atoms with Crippen LogP contribution in [-0.4, -0.2) is 15.1 Å². The quantitative estimate of drug-likeness (QED) is 0.678. The van der Waals surface area contributed by atoms with E-state index in [0.717, 1.165) is 0 Å². The van der Waals surface area contributed by atoms with E-state index < -0.39 is 4.92 Å². The highest BCUT2D eigenvalue weighted by Crippen LogP contribution is 2.25. The molecule has 2 N–H and O–H groups in total. The molecule has 1 aromatic heterocycles. The molecule has 0 aliphatic carbocycles. The van der Waals surface area contributed by atoms with Gasteiger partial charge in [0.1, 0.15) is 0 Å². The van der Waals surface area contributed by atoms with Gasteiger partial charge in [0.2, 0.25) is 0 Å². The first-order chi connectivity index (χ1) is 8.08. The number of nitro benzene ring substituents is 1.